The predicted molar refractivity (Wildman–Crippen MR) is 138 cm³/mol. The van der Waals surface area contributed by atoms with Crippen LogP contribution in [0.15, 0.2) is 42.5 Å². The first-order chi connectivity index (χ1) is 13.7. The first kappa shape index (κ1) is 29.1. The van der Waals surface area contributed by atoms with Gasteiger partial charge in [-0.1, -0.05) is 89.6 Å². The fraction of sp³-hybridized carbons (Fsp3) is 0.448. The van der Waals surface area contributed by atoms with Crippen molar-refractivity contribution in [3.8, 4) is 0 Å². The summed E-state index contributed by atoms with van der Waals surface area (Å²) in [5.74, 6) is 0. The van der Waals surface area contributed by atoms with E-state index in [9.17, 15) is 0 Å². The first-order valence-electron chi connectivity index (χ1n) is 11.2. The molecule has 0 saturated heterocycles. The Balaban J connectivity index is 0. The van der Waals surface area contributed by atoms with Gasteiger partial charge in [0.2, 0.25) is 0 Å². The number of hydrogen-bond donors (Lipinski definition) is 0. The van der Waals surface area contributed by atoms with E-state index in [2.05, 4.69) is 85.4 Å². The standard InChI is InChI=1S/C23H28.3C2H6/c1-14-9-10-22(16(3)11-14)20(7)19(6)21(8)23-17(4)12-15(2)13-18(23)5;3*1-2/h9-13H,8H2,1-7H3;3*1-2H3/b20-19+;;;. The molecular formula is C29H46. The van der Waals surface area contributed by atoms with Gasteiger partial charge in [0.1, 0.15) is 0 Å². The van der Waals surface area contributed by atoms with Gasteiger partial charge < -0.3 is 0 Å². The zero-order valence-corrected chi connectivity index (χ0v) is 21.6. The summed E-state index contributed by atoms with van der Waals surface area (Å²) in [6, 6.07) is 11.1. The summed E-state index contributed by atoms with van der Waals surface area (Å²) in [6.07, 6.45) is 0. The molecule has 0 saturated carbocycles. The maximum atomic E-state index is 4.41. The molecule has 0 nitrogen and oxygen atoms in total. The molecule has 0 amide bonds. The van der Waals surface area contributed by atoms with Crippen LogP contribution in [0.1, 0.15) is 94.3 Å². The van der Waals surface area contributed by atoms with Crippen molar-refractivity contribution in [3.05, 3.63) is 81.4 Å². The Hall–Kier alpha value is -2.08. The number of benzene rings is 2. The molecule has 2 rings (SSSR count). The van der Waals surface area contributed by atoms with Gasteiger partial charge in [0.15, 0.2) is 0 Å². The van der Waals surface area contributed by atoms with Crippen LogP contribution in [0.3, 0.4) is 0 Å². The number of allylic oxidation sites excluding steroid dienone is 3. The molecule has 0 N–H and O–H groups in total. The largest absolute Gasteiger partial charge is 0.0909 e. The fourth-order valence-corrected chi connectivity index (χ4v) is 3.51. The summed E-state index contributed by atoms with van der Waals surface area (Å²) in [7, 11) is 0. The first-order valence-corrected chi connectivity index (χ1v) is 11.2. The third-order valence-electron chi connectivity index (χ3n) is 4.78. The highest BCUT2D eigenvalue weighted by Crippen LogP contribution is 2.33. The quantitative estimate of drug-likeness (QED) is 0.454. The van der Waals surface area contributed by atoms with Gasteiger partial charge in [0.25, 0.3) is 0 Å². The number of aryl methyl sites for hydroxylation is 5. The number of rotatable bonds is 3. The summed E-state index contributed by atoms with van der Waals surface area (Å²) in [6.45, 7) is 31.6. The van der Waals surface area contributed by atoms with Gasteiger partial charge >= 0.3 is 0 Å². The SMILES string of the molecule is C=C(/C(C)=C(\C)c1ccc(C)cc1C)c1c(C)cc(C)cc1C.CC.CC.CC. The lowest BCUT2D eigenvalue weighted by molar-refractivity contribution is 1.28. The smallest absolute Gasteiger partial charge is 0.0128 e. The molecule has 0 unspecified atom stereocenters. The Bertz CT molecular complexity index is 778. The van der Waals surface area contributed by atoms with Crippen molar-refractivity contribution in [3.63, 3.8) is 0 Å². The summed E-state index contributed by atoms with van der Waals surface area (Å²) in [4.78, 5) is 0. The summed E-state index contributed by atoms with van der Waals surface area (Å²) < 4.78 is 0. The van der Waals surface area contributed by atoms with E-state index in [0.717, 1.165) is 5.57 Å². The number of hydrogen-bond acceptors (Lipinski definition) is 0. The maximum Gasteiger partial charge on any atom is -0.0128 e. The van der Waals surface area contributed by atoms with Crippen molar-refractivity contribution in [2.45, 2.75) is 90.0 Å². The minimum absolute atomic E-state index is 1.14. The summed E-state index contributed by atoms with van der Waals surface area (Å²) >= 11 is 0. The van der Waals surface area contributed by atoms with E-state index in [4.69, 9.17) is 0 Å². The minimum atomic E-state index is 1.14. The molecule has 0 radical (unpaired) electrons. The van der Waals surface area contributed by atoms with Crippen LogP contribution < -0.4 is 0 Å². The van der Waals surface area contributed by atoms with E-state index in [1.807, 2.05) is 41.5 Å². The lowest BCUT2D eigenvalue weighted by Crippen LogP contribution is -1.97. The van der Waals surface area contributed by atoms with Crippen LogP contribution in [0.2, 0.25) is 0 Å². The van der Waals surface area contributed by atoms with Crippen LogP contribution in [-0.4, -0.2) is 0 Å². The molecule has 0 aliphatic carbocycles. The Kier molecular flexibility index (Phi) is 14.9. The molecule has 29 heavy (non-hydrogen) atoms. The molecule has 162 valence electrons. The maximum absolute atomic E-state index is 4.41. The van der Waals surface area contributed by atoms with E-state index in [1.165, 1.54) is 50.1 Å². The second-order valence-electron chi connectivity index (χ2n) is 6.82. The van der Waals surface area contributed by atoms with Crippen LogP contribution in [0, 0.1) is 34.6 Å². The molecule has 0 aromatic heterocycles. The average Bonchev–Trinajstić information content (AvgIpc) is 2.70. The van der Waals surface area contributed by atoms with E-state index >= 15 is 0 Å². The normalized spacial score (nSPS) is 10.2. The van der Waals surface area contributed by atoms with E-state index < -0.39 is 0 Å². The summed E-state index contributed by atoms with van der Waals surface area (Å²) in [5.41, 5.74) is 12.9. The van der Waals surface area contributed by atoms with Crippen molar-refractivity contribution < 1.29 is 0 Å². The highest BCUT2D eigenvalue weighted by Gasteiger charge is 2.12. The van der Waals surface area contributed by atoms with Crippen molar-refractivity contribution >= 4 is 11.1 Å². The molecule has 0 heterocycles. The van der Waals surface area contributed by atoms with Gasteiger partial charge in [0, 0.05) is 0 Å². The Labute approximate surface area is 182 Å². The van der Waals surface area contributed by atoms with Gasteiger partial charge in [-0.3, -0.25) is 0 Å². The molecule has 0 bridgehead atoms. The molecular weight excluding hydrogens is 348 g/mol. The van der Waals surface area contributed by atoms with E-state index in [0.29, 0.717) is 0 Å². The minimum Gasteiger partial charge on any atom is -0.0909 e. The molecule has 0 heteroatoms. The Morgan fingerprint density at radius 1 is 0.621 bits per heavy atom. The molecule has 0 aliphatic heterocycles. The molecule has 0 fully saturated rings. The van der Waals surface area contributed by atoms with E-state index in [-0.39, 0.29) is 0 Å². The van der Waals surface area contributed by atoms with Crippen LogP contribution >= 0.6 is 0 Å². The third kappa shape index (κ3) is 8.05. The predicted octanol–water partition coefficient (Wildman–Crippen LogP) is 9.81. The lowest BCUT2D eigenvalue weighted by Gasteiger charge is -2.18. The van der Waals surface area contributed by atoms with E-state index in [1.54, 1.807) is 0 Å². The van der Waals surface area contributed by atoms with Gasteiger partial charge in [-0.2, -0.15) is 0 Å². The monoisotopic (exact) mass is 394 g/mol. The second-order valence-corrected chi connectivity index (χ2v) is 6.82. The zero-order chi connectivity index (χ0) is 23.3. The van der Waals surface area contributed by atoms with Gasteiger partial charge in [-0.25, -0.2) is 0 Å². The Morgan fingerprint density at radius 3 is 1.45 bits per heavy atom. The van der Waals surface area contributed by atoms with Gasteiger partial charge in [0.05, 0.1) is 0 Å². The van der Waals surface area contributed by atoms with Crippen molar-refractivity contribution in [1.29, 1.82) is 0 Å². The molecule has 0 spiro atoms. The topological polar surface area (TPSA) is 0 Å². The van der Waals surface area contributed by atoms with Crippen LogP contribution in [0.25, 0.3) is 11.1 Å². The third-order valence-corrected chi connectivity index (χ3v) is 4.78. The van der Waals surface area contributed by atoms with Crippen LogP contribution in [0.4, 0.5) is 0 Å². The van der Waals surface area contributed by atoms with Gasteiger partial charge in [-0.15, -0.1) is 0 Å². The highest BCUT2D eigenvalue weighted by atomic mass is 14.2. The van der Waals surface area contributed by atoms with Crippen LogP contribution in [-0.2, 0) is 0 Å². The molecule has 2 aromatic carbocycles. The van der Waals surface area contributed by atoms with Crippen molar-refractivity contribution in [2.24, 2.45) is 0 Å². The fourth-order valence-electron chi connectivity index (χ4n) is 3.51. The molecule has 0 atom stereocenters. The second kappa shape index (κ2) is 14.9. The zero-order valence-electron chi connectivity index (χ0n) is 21.6. The highest BCUT2D eigenvalue weighted by molar-refractivity contribution is 5.89. The van der Waals surface area contributed by atoms with Crippen molar-refractivity contribution in [2.75, 3.05) is 0 Å². The van der Waals surface area contributed by atoms with Crippen LogP contribution in [0.5, 0.6) is 0 Å². The molecule has 0 aliphatic rings. The van der Waals surface area contributed by atoms with Crippen molar-refractivity contribution in [1.82, 2.24) is 0 Å². The summed E-state index contributed by atoms with van der Waals surface area (Å²) in [5, 5.41) is 0. The average molecular weight is 395 g/mol. The van der Waals surface area contributed by atoms with Gasteiger partial charge in [-0.05, 0) is 93.0 Å². The lowest BCUT2D eigenvalue weighted by atomic mass is 9.87. The Morgan fingerprint density at radius 2 is 1.03 bits per heavy atom. The molecule has 2 aromatic rings.